The quantitative estimate of drug-likeness (QED) is 0.139. The molecular formula is C28H23N3O5. The molecule has 4 aromatic carbocycles. The standard InChI is InChI=1S/C28H23N3O5/c1-18-6-5-8-20(16-18)28(34)36-25-15-10-19-7-3-4-9-23(19)24(25)17-29-31-27(33)26(32)30-21-11-13-22(35-2)14-12-21/h3-17H,1-2H3,(H,30,32)(H,31,33). The van der Waals surface area contributed by atoms with E-state index in [9.17, 15) is 14.4 Å². The molecule has 0 bridgehead atoms. The molecule has 0 saturated carbocycles. The summed E-state index contributed by atoms with van der Waals surface area (Å²) in [6, 6.07) is 24.6. The van der Waals surface area contributed by atoms with Gasteiger partial charge in [-0.15, -0.1) is 0 Å². The third kappa shape index (κ3) is 5.74. The van der Waals surface area contributed by atoms with E-state index < -0.39 is 17.8 Å². The zero-order chi connectivity index (χ0) is 25.5. The van der Waals surface area contributed by atoms with Gasteiger partial charge in [0.1, 0.15) is 11.5 Å². The number of carbonyl (C=O) groups excluding carboxylic acids is 3. The van der Waals surface area contributed by atoms with Crippen LogP contribution in [-0.4, -0.2) is 31.1 Å². The summed E-state index contributed by atoms with van der Waals surface area (Å²) in [7, 11) is 1.53. The van der Waals surface area contributed by atoms with Crippen LogP contribution >= 0.6 is 0 Å². The largest absolute Gasteiger partial charge is 0.497 e. The first-order valence-corrected chi connectivity index (χ1v) is 11.0. The van der Waals surface area contributed by atoms with Gasteiger partial charge in [-0.1, -0.05) is 48.0 Å². The lowest BCUT2D eigenvalue weighted by molar-refractivity contribution is -0.136. The Kier molecular flexibility index (Phi) is 7.36. The minimum absolute atomic E-state index is 0.265. The van der Waals surface area contributed by atoms with Crippen molar-refractivity contribution in [2.24, 2.45) is 5.10 Å². The van der Waals surface area contributed by atoms with E-state index in [2.05, 4.69) is 15.8 Å². The summed E-state index contributed by atoms with van der Waals surface area (Å²) in [5.41, 5.74) is 4.46. The Bertz CT molecular complexity index is 1460. The molecule has 8 nitrogen and oxygen atoms in total. The molecule has 0 unspecified atom stereocenters. The van der Waals surface area contributed by atoms with E-state index in [0.717, 1.165) is 16.3 Å². The van der Waals surface area contributed by atoms with Crippen molar-refractivity contribution in [3.63, 3.8) is 0 Å². The number of ether oxygens (including phenoxy) is 2. The summed E-state index contributed by atoms with van der Waals surface area (Å²) >= 11 is 0. The summed E-state index contributed by atoms with van der Waals surface area (Å²) in [6.45, 7) is 1.89. The number of carbonyl (C=O) groups is 3. The first-order chi connectivity index (χ1) is 17.4. The molecule has 8 heteroatoms. The maximum absolute atomic E-state index is 12.7. The first-order valence-electron chi connectivity index (χ1n) is 11.0. The number of amides is 2. The minimum atomic E-state index is -0.958. The molecule has 2 amide bonds. The van der Waals surface area contributed by atoms with Crippen molar-refractivity contribution in [2.75, 3.05) is 12.4 Å². The highest BCUT2D eigenvalue weighted by Crippen LogP contribution is 2.27. The average molecular weight is 482 g/mol. The lowest BCUT2D eigenvalue weighted by Gasteiger charge is -2.11. The van der Waals surface area contributed by atoms with Crippen molar-refractivity contribution in [3.8, 4) is 11.5 Å². The van der Waals surface area contributed by atoms with Gasteiger partial charge in [-0.2, -0.15) is 5.10 Å². The Balaban J connectivity index is 1.52. The molecule has 2 N–H and O–H groups in total. The van der Waals surface area contributed by atoms with Crippen LogP contribution in [0, 0.1) is 6.92 Å². The highest BCUT2D eigenvalue weighted by Gasteiger charge is 2.15. The van der Waals surface area contributed by atoms with Crippen LogP contribution in [0.3, 0.4) is 0 Å². The van der Waals surface area contributed by atoms with E-state index in [1.165, 1.54) is 13.3 Å². The zero-order valence-electron chi connectivity index (χ0n) is 19.6. The van der Waals surface area contributed by atoms with E-state index in [0.29, 0.717) is 22.6 Å². The molecule has 0 aliphatic carbocycles. The van der Waals surface area contributed by atoms with Gasteiger partial charge in [-0.3, -0.25) is 9.59 Å². The normalized spacial score (nSPS) is 10.7. The molecule has 36 heavy (non-hydrogen) atoms. The first kappa shape index (κ1) is 24.2. The van der Waals surface area contributed by atoms with E-state index >= 15 is 0 Å². The maximum Gasteiger partial charge on any atom is 0.343 e. The van der Waals surface area contributed by atoms with Crippen LogP contribution in [0.5, 0.6) is 11.5 Å². The number of esters is 1. The SMILES string of the molecule is COc1ccc(NC(=O)C(=O)NN=Cc2c(OC(=O)c3cccc(C)c3)ccc3ccccc23)cc1. The fourth-order valence-electron chi connectivity index (χ4n) is 3.50. The highest BCUT2D eigenvalue weighted by molar-refractivity contribution is 6.39. The van der Waals surface area contributed by atoms with Crippen LogP contribution in [-0.2, 0) is 9.59 Å². The van der Waals surface area contributed by atoms with Gasteiger partial charge < -0.3 is 14.8 Å². The summed E-state index contributed by atoms with van der Waals surface area (Å²) in [5.74, 6) is -1.48. The average Bonchev–Trinajstić information content (AvgIpc) is 2.90. The fourth-order valence-corrected chi connectivity index (χ4v) is 3.50. The van der Waals surface area contributed by atoms with Crippen molar-refractivity contribution < 1.29 is 23.9 Å². The van der Waals surface area contributed by atoms with Crippen LogP contribution < -0.4 is 20.2 Å². The summed E-state index contributed by atoms with van der Waals surface area (Å²) in [4.78, 5) is 37.2. The molecule has 0 aliphatic rings. The number of rotatable bonds is 6. The van der Waals surface area contributed by atoms with Crippen molar-refractivity contribution in [3.05, 3.63) is 102 Å². The number of methoxy groups -OCH3 is 1. The number of hydrazone groups is 1. The molecule has 0 atom stereocenters. The number of aryl methyl sites for hydroxylation is 1. The molecule has 0 saturated heterocycles. The molecule has 4 rings (SSSR count). The Labute approximate surface area is 207 Å². The van der Waals surface area contributed by atoms with Crippen LogP contribution in [0.1, 0.15) is 21.5 Å². The summed E-state index contributed by atoms with van der Waals surface area (Å²) in [5, 5.41) is 8.07. The van der Waals surface area contributed by atoms with Crippen LogP contribution in [0.4, 0.5) is 5.69 Å². The van der Waals surface area contributed by atoms with Crippen molar-refractivity contribution >= 4 is 40.5 Å². The Morgan fingerprint density at radius 2 is 1.64 bits per heavy atom. The smallest absolute Gasteiger partial charge is 0.343 e. The molecule has 0 aliphatic heterocycles. The van der Waals surface area contributed by atoms with Crippen molar-refractivity contribution in [1.82, 2.24) is 5.43 Å². The van der Waals surface area contributed by atoms with Gasteiger partial charge >= 0.3 is 17.8 Å². The lowest BCUT2D eigenvalue weighted by atomic mass is 10.0. The monoisotopic (exact) mass is 481 g/mol. The number of nitrogens with one attached hydrogen (secondary N) is 2. The second-order valence-electron chi connectivity index (χ2n) is 7.84. The third-order valence-electron chi connectivity index (χ3n) is 5.30. The number of nitrogens with zero attached hydrogens (tertiary/aromatic N) is 1. The van der Waals surface area contributed by atoms with Gasteiger partial charge in [-0.05, 0) is 60.2 Å². The highest BCUT2D eigenvalue weighted by atomic mass is 16.5. The van der Waals surface area contributed by atoms with Crippen LogP contribution in [0.15, 0.2) is 90.0 Å². The molecule has 180 valence electrons. The zero-order valence-corrected chi connectivity index (χ0v) is 19.6. The number of fused-ring (bicyclic) bond motifs is 1. The van der Waals surface area contributed by atoms with Crippen molar-refractivity contribution in [2.45, 2.75) is 6.92 Å². The van der Waals surface area contributed by atoms with E-state index in [1.807, 2.05) is 43.3 Å². The van der Waals surface area contributed by atoms with Crippen molar-refractivity contribution in [1.29, 1.82) is 0 Å². The Morgan fingerprint density at radius 1 is 0.861 bits per heavy atom. The number of hydrogen-bond donors (Lipinski definition) is 2. The Hall–Kier alpha value is -4.98. The minimum Gasteiger partial charge on any atom is -0.497 e. The Morgan fingerprint density at radius 3 is 2.39 bits per heavy atom. The molecule has 0 spiro atoms. The van der Waals surface area contributed by atoms with Crippen LogP contribution in [0.25, 0.3) is 10.8 Å². The fraction of sp³-hybridized carbons (Fsp3) is 0.0714. The van der Waals surface area contributed by atoms with E-state index in [1.54, 1.807) is 48.5 Å². The number of anilines is 1. The summed E-state index contributed by atoms with van der Waals surface area (Å²) in [6.07, 6.45) is 1.35. The molecule has 4 aromatic rings. The van der Waals surface area contributed by atoms with Gasteiger partial charge in [0.15, 0.2) is 0 Å². The number of hydrogen-bond acceptors (Lipinski definition) is 6. The molecule has 0 fully saturated rings. The molecular weight excluding hydrogens is 458 g/mol. The van der Waals surface area contributed by atoms with Gasteiger partial charge in [0, 0.05) is 11.3 Å². The molecule has 0 aromatic heterocycles. The predicted molar refractivity (Wildman–Crippen MR) is 137 cm³/mol. The van der Waals surface area contributed by atoms with Gasteiger partial charge in [-0.25, -0.2) is 10.2 Å². The second-order valence-corrected chi connectivity index (χ2v) is 7.84. The molecule has 0 heterocycles. The molecule has 0 radical (unpaired) electrons. The van der Waals surface area contributed by atoms with E-state index in [-0.39, 0.29) is 5.75 Å². The second kappa shape index (κ2) is 11.0. The number of benzene rings is 4. The lowest BCUT2D eigenvalue weighted by Crippen LogP contribution is -2.32. The van der Waals surface area contributed by atoms with Gasteiger partial charge in [0.25, 0.3) is 0 Å². The third-order valence-corrected chi connectivity index (χ3v) is 5.30. The summed E-state index contributed by atoms with van der Waals surface area (Å²) < 4.78 is 10.7. The van der Waals surface area contributed by atoms with Crippen LogP contribution in [0.2, 0.25) is 0 Å². The predicted octanol–water partition coefficient (Wildman–Crippen LogP) is 4.46. The van der Waals surface area contributed by atoms with Gasteiger partial charge in [0.05, 0.1) is 18.9 Å². The topological polar surface area (TPSA) is 106 Å². The van der Waals surface area contributed by atoms with E-state index in [4.69, 9.17) is 9.47 Å². The van der Waals surface area contributed by atoms with Gasteiger partial charge in [0.2, 0.25) is 0 Å². The maximum atomic E-state index is 12.7.